The maximum atomic E-state index is 9.43. The number of hydrogen-bond acceptors (Lipinski definition) is 4. The van der Waals surface area contributed by atoms with Crippen LogP contribution in [-0.4, -0.2) is 15.1 Å². The molecule has 0 aliphatic rings. The molecule has 0 spiro atoms. The van der Waals surface area contributed by atoms with Crippen LogP contribution in [0.3, 0.4) is 0 Å². The van der Waals surface area contributed by atoms with E-state index >= 15 is 0 Å². The summed E-state index contributed by atoms with van der Waals surface area (Å²) in [4.78, 5) is 8.29. The summed E-state index contributed by atoms with van der Waals surface area (Å²) < 4.78 is 5.91. The lowest BCUT2D eigenvalue weighted by atomic mass is 9.68. The van der Waals surface area contributed by atoms with Gasteiger partial charge in [-0.2, -0.15) is 0 Å². The fourth-order valence-corrected chi connectivity index (χ4v) is 3.94. The molecule has 4 nitrogen and oxygen atoms in total. The Balaban J connectivity index is 1.55. The molecule has 2 aromatic carbocycles. The molecular formula is C28H28N2O2. The first-order chi connectivity index (χ1) is 15.5. The van der Waals surface area contributed by atoms with Crippen molar-refractivity contribution < 1.29 is 9.84 Å². The Hall–Kier alpha value is -3.66. The molecular weight excluding hydrogens is 396 g/mol. The van der Waals surface area contributed by atoms with E-state index in [-0.39, 0.29) is 11.3 Å². The summed E-state index contributed by atoms with van der Waals surface area (Å²) in [7, 11) is 0. The van der Waals surface area contributed by atoms with Crippen LogP contribution in [0, 0.1) is 5.92 Å². The van der Waals surface area contributed by atoms with Gasteiger partial charge in [-0.1, -0.05) is 63.2 Å². The van der Waals surface area contributed by atoms with E-state index in [1.54, 1.807) is 18.5 Å². The third-order valence-corrected chi connectivity index (χ3v) is 6.29. The number of nitrogens with zero attached hydrogens (tertiary/aromatic N) is 2. The van der Waals surface area contributed by atoms with Crippen molar-refractivity contribution in [2.75, 3.05) is 0 Å². The van der Waals surface area contributed by atoms with Crippen molar-refractivity contribution in [1.29, 1.82) is 0 Å². The highest BCUT2D eigenvalue weighted by atomic mass is 16.5. The van der Waals surface area contributed by atoms with Gasteiger partial charge < -0.3 is 9.84 Å². The minimum Gasteiger partial charge on any atom is -0.493 e. The summed E-state index contributed by atoms with van der Waals surface area (Å²) in [6.45, 7) is 7.25. The van der Waals surface area contributed by atoms with Gasteiger partial charge in [-0.05, 0) is 52.9 Å². The monoisotopic (exact) mass is 424 g/mol. The minimum atomic E-state index is -0.148. The standard InChI is InChI=1S/C28H28N2O2/c1-20(2)28(3,23-10-7-21(8-11-23)22-9-16-27(31)30-18-22)24-12-14-26(15-13-24)32-19-25-6-4-5-17-29-25/h4-18,20H,19H2,1-3H3,(H,30,31). The van der Waals surface area contributed by atoms with Gasteiger partial charge >= 0.3 is 0 Å². The van der Waals surface area contributed by atoms with Crippen molar-refractivity contribution in [3.8, 4) is 22.8 Å². The first-order valence-corrected chi connectivity index (χ1v) is 10.9. The molecule has 0 fully saturated rings. The highest BCUT2D eigenvalue weighted by Gasteiger charge is 2.32. The molecule has 4 rings (SSSR count). The van der Waals surface area contributed by atoms with Gasteiger partial charge in [-0.3, -0.25) is 4.98 Å². The Kier molecular flexibility index (Phi) is 6.22. The number of hydrogen-bond donors (Lipinski definition) is 1. The van der Waals surface area contributed by atoms with Crippen molar-refractivity contribution in [3.05, 3.63) is 108 Å². The van der Waals surface area contributed by atoms with Gasteiger partial charge in [0.2, 0.25) is 5.88 Å². The quantitative estimate of drug-likeness (QED) is 0.373. The molecule has 32 heavy (non-hydrogen) atoms. The molecule has 2 aromatic heterocycles. The largest absolute Gasteiger partial charge is 0.493 e. The molecule has 162 valence electrons. The second kappa shape index (κ2) is 9.23. The molecule has 1 N–H and O–H groups in total. The SMILES string of the molecule is CC(C)C(C)(c1ccc(OCc2ccccn2)cc1)c1ccc(-c2ccc(O)nc2)cc1. The molecule has 1 unspecified atom stereocenters. The zero-order valence-electron chi connectivity index (χ0n) is 18.7. The third kappa shape index (κ3) is 4.50. The van der Waals surface area contributed by atoms with E-state index < -0.39 is 0 Å². The van der Waals surface area contributed by atoms with Crippen LogP contribution in [0.5, 0.6) is 11.6 Å². The first kappa shape index (κ1) is 21.6. The van der Waals surface area contributed by atoms with E-state index in [1.165, 1.54) is 11.1 Å². The van der Waals surface area contributed by atoms with E-state index in [4.69, 9.17) is 4.74 Å². The lowest BCUT2D eigenvalue weighted by Crippen LogP contribution is -2.30. The van der Waals surface area contributed by atoms with E-state index in [0.29, 0.717) is 12.5 Å². The third-order valence-electron chi connectivity index (χ3n) is 6.29. The molecule has 2 heterocycles. The maximum Gasteiger partial charge on any atom is 0.210 e. The van der Waals surface area contributed by atoms with Crippen molar-refractivity contribution >= 4 is 0 Å². The molecule has 0 amide bonds. The topological polar surface area (TPSA) is 55.2 Å². The molecule has 0 saturated carbocycles. The van der Waals surface area contributed by atoms with Gasteiger partial charge in [0.05, 0.1) is 5.69 Å². The van der Waals surface area contributed by atoms with Crippen molar-refractivity contribution in [2.24, 2.45) is 5.92 Å². The van der Waals surface area contributed by atoms with Gasteiger partial charge in [0, 0.05) is 29.4 Å². The molecule has 4 heteroatoms. The number of ether oxygens (including phenoxy) is 1. The predicted molar refractivity (Wildman–Crippen MR) is 128 cm³/mol. The summed E-state index contributed by atoms with van der Waals surface area (Å²) >= 11 is 0. The summed E-state index contributed by atoms with van der Waals surface area (Å²) in [5.74, 6) is 1.26. The summed E-state index contributed by atoms with van der Waals surface area (Å²) in [6.07, 6.45) is 3.47. The van der Waals surface area contributed by atoms with E-state index in [0.717, 1.165) is 22.6 Å². The second-order valence-corrected chi connectivity index (χ2v) is 8.47. The van der Waals surface area contributed by atoms with Crippen LogP contribution in [0.2, 0.25) is 0 Å². The van der Waals surface area contributed by atoms with E-state index in [1.807, 2.05) is 36.4 Å². The number of aromatic nitrogens is 2. The Morgan fingerprint density at radius 3 is 2.03 bits per heavy atom. The smallest absolute Gasteiger partial charge is 0.210 e. The lowest BCUT2D eigenvalue weighted by molar-refractivity contribution is 0.301. The van der Waals surface area contributed by atoms with Gasteiger partial charge in [0.1, 0.15) is 12.4 Å². The van der Waals surface area contributed by atoms with Crippen molar-refractivity contribution in [2.45, 2.75) is 32.8 Å². The molecule has 0 aliphatic heterocycles. The number of rotatable bonds is 7. The second-order valence-electron chi connectivity index (χ2n) is 8.47. The highest BCUT2D eigenvalue weighted by molar-refractivity contribution is 5.63. The summed E-state index contributed by atoms with van der Waals surface area (Å²) in [5, 5.41) is 9.43. The summed E-state index contributed by atoms with van der Waals surface area (Å²) in [5.41, 5.74) is 5.32. The highest BCUT2D eigenvalue weighted by Crippen LogP contribution is 2.40. The first-order valence-electron chi connectivity index (χ1n) is 10.9. The fraction of sp³-hybridized carbons (Fsp3) is 0.214. The molecule has 4 aromatic rings. The molecule has 0 saturated heterocycles. The molecule has 0 bridgehead atoms. The maximum absolute atomic E-state index is 9.43. The number of aromatic hydroxyl groups is 1. The minimum absolute atomic E-state index is 0.0326. The zero-order chi connectivity index (χ0) is 22.6. The average Bonchev–Trinajstić information content (AvgIpc) is 2.84. The van der Waals surface area contributed by atoms with Crippen LogP contribution in [0.15, 0.2) is 91.3 Å². The number of benzene rings is 2. The van der Waals surface area contributed by atoms with Crippen LogP contribution in [-0.2, 0) is 12.0 Å². The van der Waals surface area contributed by atoms with Crippen LogP contribution in [0.4, 0.5) is 0 Å². The average molecular weight is 425 g/mol. The Morgan fingerprint density at radius 1 is 0.812 bits per heavy atom. The van der Waals surface area contributed by atoms with Crippen LogP contribution in [0.1, 0.15) is 37.6 Å². The Bertz CT molecular complexity index is 1140. The van der Waals surface area contributed by atoms with Gasteiger partial charge in [0.15, 0.2) is 0 Å². The zero-order valence-corrected chi connectivity index (χ0v) is 18.7. The predicted octanol–water partition coefficient (Wildman–Crippen LogP) is 6.39. The van der Waals surface area contributed by atoms with Gasteiger partial charge in [-0.25, -0.2) is 4.98 Å². The van der Waals surface area contributed by atoms with Crippen molar-refractivity contribution in [3.63, 3.8) is 0 Å². The molecule has 1 atom stereocenters. The number of pyridine rings is 2. The Morgan fingerprint density at radius 2 is 1.47 bits per heavy atom. The Labute approximate surface area is 189 Å². The molecule has 0 aliphatic carbocycles. The summed E-state index contributed by atoms with van der Waals surface area (Å²) in [6, 6.07) is 26.3. The molecule has 0 radical (unpaired) electrons. The van der Waals surface area contributed by atoms with Gasteiger partial charge in [0.25, 0.3) is 0 Å². The van der Waals surface area contributed by atoms with Crippen molar-refractivity contribution in [1.82, 2.24) is 9.97 Å². The lowest BCUT2D eigenvalue weighted by Gasteiger charge is -2.35. The van der Waals surface area contributed by atoms with Crippen LogP contribution < -0.4 is 4.74 Å². The van der Waals surface area contributed by atoms with E-state index in [9.17, 15) is 5.11 Å². The van der Waals surface area contributed by atoms with Crippen LogP contribution >= 0.6 is 0 Å². The van der Waals surface area contributed by atoms with Crippen LogP contribution in [0.25, 0.3) is 11.1 Å². The van der Waals surface area contributed by atoms with E-state index in [2.05, 4.69) is 67.1 Å². The van der Waals surface area contributed by atoms with Gasteiger partial charge in [-0.15, -0.1) is 0 Å². The fourth-order valence-electron chi connectivity index (χ4n) is 3.94. The normalized spacial score (nSPS) is 13.0.